The SMILES string of the molecule is COc1ccccc1OCCNC(=O)[C@@H](C)N(c1cc(Cl)ccc1Cl)S(C)(=O)=O. The number of carbonyl (C=O) groups is 1. The van der Waals surface area contributed by atoms with Crippen LogP contribution in [0.15, 0.2) is 42.5 Å². The van der Waals surface area contributed by atoms with Crippen molar-refractivity contribution in [3.8, 4) is 11.5 Å². The van der Waals surface area contributed by atoms with Crippen molar-refractivity contribution >= 4 is 44.8 Å². The summed E-state index contributed by atoms with van der Waals surface area (Å²) in [7, 11) is -2.27. The second-order valence-electron chi connectivity index (χ2n) is 6.12. The molecule has 0 heterocycles. The van der Waals surface area contributed by atoms with E-state index in [9.17, 15) is 13.2 Å². The molecule has 0 spiro atoms. The normalized spacial score (nSPS) is 12.2. The lowest BCUT2D eigenvalue weighted by Gasteiger charge is -2.29. The van der Waals surface area contributed by atoms with Crippen molar-refractivity contribution in [2.45, 2.75) is 13.0 Å². The van der Waals surface area contributed by atoms with Gasteiger partial charge in [0.1, 0.15) is 12.6 Å². The Morgan fingerprint density at radius 3 is 2.45 bits per heavy atom. The van der Waals surface area contributed by atoms with Crippen LogP contribution in [-0.4, -0.2) is 46.9 Å². The minimum atomic E-state index is -3.80. The maximum atomic E-state index is 12.6. The Labute approximate surface area is 180 Å². The molecule has 1 atom stereocenters. The summed E-state index contributed by atoms with van der Waals surface area (Å²) in [4.78, 5) is 12.6. The molecule has 0 fully saturated rings. The molecule has 0 aromatic heterocycles. The molecular formula is C19H22Cl2N2O5S. The Kier molecular flexibility index (Phi) is 8.01. The van der Waals surface area contributed by atoms with Crippen molar-refractivity contribution in [2.24, 2.45) is 0 Å². The fourth-order valence-corrected chi connectivity index (χ4v) is 4.26. The van der Waals surface area contributed by atoms with Gasteiger partial charge in [-0.1, -0.05) is 35.3 Å². The van der Waals surface area contributed by atoms with Crippen molar-refractivity contribution in [1.29, 1.82) is 0 Å². The highest BCUT2D eigenvalue weighted by atomic mass is 35.5. The molecule has 7 nitrogen and oxygen atoms in total. The number of carbonyl (C=O) groups excluding carboxylic acids is 1. The topological polar surface area (TPSA) is 84.9 Å². The molecule has 2 aromatic carbocycles. The van der Waals surface area contributed by atoms with Gasteiger partial charge in [0.2, 0.25) is 15.9 Å². The number of hydrogen-bond donors (Lipinski definition) is 1. The number of rotatable bonds is 9. The number of anilines is 1. The summed E-state index contributed by atoms with van der Waals surface area (Å²) in [5.74, 6) is 0.613. The lowest BCUT2D eigenvalue weighted by atomic mass is 10.2. The van der Waals surface area contributed by atoms with Gasteiger partial charge in [-0.3, -0.25) is 9.10 Å². The third-order valence-electron chi connectivity index (χ3n) is 3.96. The molecule has 0 unspecified atom stereocenters. The molecule has 1 N–H and O–H groups in total. The predicted molar refractivity (Wildman–Crippen MR) is 115 cm³/mol. The standard InChI is InChI=1S/C19H22Cl2N2O5S/c1-13(23(29(3,25)26)16-12-14(20)8-9-15(16)21)19(24)22-10-11-28-18-7-5-4-6-17(18)27-2/h4-9,12-13H,10-11H2,1-3H3,(H,22,24)/t13-/m1/s1. The van der Waals surface area contributed by atoms with Gasteiger partial charge >= 0.3 is 0 Å². The number of para-hydroxylation sites is 2. The molecule has 0 aliphatic rings. The first-order chi connectivity index (χ1) is 13.6. The van der Waals surface area contributed by atoms with E-state index >= 15 is 0 Å². The van der Waals surface area contributed by atoms with E-state index < -0.39 is 22.0 Å². The second-order valence-corrected chi connectivity index (χ2v) is 8.82. The predicted octanol–water partition coefficient (Wildman–Crippen LogP) is 3.35. The molecule has 0 saturated carbocycles. The van der Waals surface area contributed by atoms with Gasteiger partial charge in [-0.25, -0.2) is 8.42 Å². The number of amides is 1. The summed E-state index contributed by atoms with van der Waals surface area (Å²) in [5, 5.41) is 3.13. The van der Waals surface area contributed by atoms with Crippen LogP contribution < -0.4 is 19.1 Å². The molecule has 0 bridgehead atoms. The fourth-order valence-electron chi connectivity index (χ4n) is 2.66. The van der Waals surface area contributed by atoms with E-state index in [-0.39, 0.29) is 23.9 Å². The highest BCUT2D eigenvalue weighted by molar-refractivity contribution is 7.92. The number of ether oxygens (including phenoxy) is 2. The van der Waals surface area contributed by atoms with Crippen LogP contribution in [0, 0.1) is 0 Å². The van der Waals surface area contributed by atoms with Gasteiger partial charge in [0.05, 0.1) is 30.6 Å². The molecule has 0 aliphatic heterocycles. The smallest absolute Gasteiger partial charge is 0.243 e. The Balaban J connectivity index is 2.05. The Hall–Kier alpha value is -2.16. The average molecular weight is 461 g/mol. The third kappa shape index (κ3) is 6.16. The Bertz CT molecular complexity index is 969. The molecule has 0 radical (unpaired) electrons. The summed E-state index contributed by atoms with van der Waals surface area (Å²) in [6.07, 6.45) is 0.999. The van der Waals surface area contributed by atoms with Crippen molar-refractivity contribution in [3.63, 3.8) is 0 Å². The first-order valence-electron chi connectivity index (χ1n) is 8.63. The van der Waals surface area contributed by atoms with E-state index in [1.807, 2.05) is 6.07 Å². The summed E-state index contributed by atoms with van der Waals surface area (Å²) in [6.45, 7) is 1.81. The molecule has 10 heteroatoms. The van der Waals surface area contributed by atoms with Crippen LogP contribution >= 0.6 is 23.2 Å². The largest absolute Gasteiger partial charge is 0.493 e. The molecule has 1 amide bonds. The number of nitrogens with one attached hydrogen (secondary N) is 1. The first kappa shape index (κ1) is 23.1. The lowest BCUT2D eigenvalue weighted by molar-refractivity contribution is -0.121. The van der Waals surface area contributed by atoms with E-state index in [4.69, 9.17) is 32.7 Å². The minimum absolute atomic E-state index is 0.134. The number of nitrogens with zero attached hydrogens (tertiary/aromatic N) is 1. The Morgan fingerprint density at radius 1 is 1.17 bits per heavy atom. The lowest BCUT2D eigenvalue weighted by Crippen LogP contribution is -2.48. The quantitative estimate of drug-likeness (QED) is 0.579. The van der Waals surface area contributed by atoms with Crippen LogP contribution in [0.25, 0.3) is 0 Å². The zero-order valence-corrected chi connectivity index (χ0v) is 18.5. The minimum Gasteiger partial charge on any atom is -0.493 e. The summed E-state index contributed by atoms with van der Waals surface area (Å²) < 4.78 is 36.4. The highest BCUT2D eigenvalue weighted by Crippen LogP contribution is 2.32. The van der Waals surface area contributed by atoms with Crippen molar-refractivity contribution in [3.05, 3.63) is 52.5 Å². The van der Waals surface area contributed by atoms with E-state index in [0.717, 1.165) is 10.6 Å². The van der Waals surface area contributed by atoms with Gasteiger partial charge in [-0.05, 0) is 37.3 Å². The molecule has 158 valence electrons. The average Bonchev–Trinajstić information content (AvgIpc) is 2.67. The van der Waals surface area contributed by atoms with Gasteiger partial charge in [-0.15, -0.1) is 0 Å². The monoisotopic (exact) mass is 460 g/mol. The highest BCUT2D eigenvalue weighted by Gasteiger charge is 2.30. The maximum Gasteiger partial charge on any atom is 0.243 e. The van der Waals surface area contributed by atoms with Gasteiger partial charge in [0.25, 0.3) is 0 Å². The summed E-state index contributed by atoms with van der Waals surface area (Å²) in [5.41, 5.74) is 0.134. The zero-order valence-electron chi connectivity index (χ0n) is 16.2. The molecule has 2 aromatic rings. The van der Waals surface area contributed by atoms with Crippen molar-refractivity contribution < 1.29 is 22.7 Å². The molecule has 0 saturated heterocycles. The van der Waals surface area contributed by atoms with Crippen LogP contribution in [0.3, 0.4) is 0 Å². The van der Waals surface area contributed by atoms with E-state index in [2.05, 4.69) is 5.32 Å². The summed E-state index contributed by atoms with van der Waals surface area (Å²) in [6, 6.07) is 10.5. The van der Waals surface area contributed by atoms with E-state index in [1.165, 1.54) is 32.2 Å². The van der Waals surface area contributed by atoms with E-state index in [1.54, 1.807) is 18.2 Å². The van der Waals surface area contributed by atoms with Crippen LogP contribution in [0.2, 0.25) is 10.0 Å². The zero-order chi connectivity index (χ0) is 21.6. The van der Waals surface area contributed by atoms with Crippen LogP contribution in [-0.2, 0) is 14.8 Å². The number of halogens is 2. The second kappa shape index (κ2) is 10.0. The third-order valence-corrected chi connectivity index (χ3v) is 5.74. The number of methoxy groups -OCH3 is 1. The number of hydrogen-bond acceptors (Lipinski definition) is 5. The molecular weight excluding hydrogens is 439 g/mol. The van der Waals surface area contributed by atoms with Gasteiger partial charge < -0.3 is 14.8 Å². The van der Waals surface area contributed by atoms with Gasteiger partial charge in [-0.2, -0.15) is 0 Å². The molecule has 29 heavy (non-hydrogen) atoms. The Morgan fingerprint density at radius 2 is 1.83 bits per heavy atom. The summed E-state index contributed by atoms with van der Waals surface area (Å²) >= 11 is 12.1. The van der Waals surface area contributed by atoms with Crippen molar-refractivity contribution in [2.75, 3.05) is 30.8 Å². The molecule has 0 aliphatic carbocycles. The van der Waals surface area contributed by atoms with Crippen LogP contribution in [0.1, 0.15) is 6.92 Å². The fraction of sp³-hybridized carbons (Fsp3) is 0.316. The van der Waals surface area contributed by atoms with Crippen molar-refractivity contribution in [1.82, 2.24) is 5.32 Å². The van der Waals surface area contributed by atoms with Gasteiger partial charge in [0, 0.05) is 5.02 Å². The number of benzene rings is 2. The van der Waals surface area contributed by atoms with Gasteiger partial charge in [0.15, 0.2) is 11.5 Å². The number of sulfonamides is 1. The maximum absolute atomic E-state index is 12.6. The first-order valence-corrected chi connectivity index (χ1v) is 11.2. The van der Waals surface area contributed by atoms with Crippen LogP contribution in [0.5, 0.6) is 11.5 Å². The van der Waals surface area contributed by atoms with Crippen LogP contribution in [0.4, 0.5) is 5.69 Å². The molecule has 2 rings (SSSR count). The van der Waals surface area contributed by atoms with E-state index in [0.29, 0.717) is 16.5 Å².